The molecule has 3 nitrogen and oxygen atoms in total. The van der Waals surface area contributed by atoms with Crippen LogP contribution in [0.4, 0.5) is 0 Å². The van der Waals surface area contributed by atoms with Crippen molar-refractivity contribution in [2.75, 3.05) is 0 Å². The summed E-state index contributed by atoms with van der Waals surface area (Å²) in [5, 5.41) is 22.1. The van der Waals surface area contributed by atoms with Crippen LogP contribution in [0.15, 0.2) is 18.2 Å². The van der Waals surface area contributed by atoms with E-state index in [0.717, 1.165) is 11.5 Å². The summed E-state index contributed by atoms with van der Waals surface area (Å²) >= 11 is 0. The van der Waals surface area contributed by atoms with Crippen molar-refractivity contribution in [3.05, 3.63) is 23.8 Å². The molecule has 1 saturated carbocycles. The average Bonchev–Trinajstić information content (AvgIpc) is 2.13. The van der Waals surface area contributed by atoms with Crippen molar-refractivity contribution in [3.8, 4) is 11.5 Å². The molecule has 3 N–H and O–H groups in total. The molecule has 0 heterocycles. The molecule has 0 spiro atoms. The molecule has 0 unspecified atom stereocenters. The summed E-state index contributed by atoms with van der Waals surface area (Å²) in [5.41, 5.74) is 0.840. The molecule has 1 aromatic rings. The highest BCUT2D eigenvalue weighted by Gasteiger charge is 2.24. The van der Waals surface area contributed by atoms with Gasteiger partial charge in [0.2, 0.25) is 0 Å². The van der Waals surface area contributed by atoms with Crippen molar-refractivity contribution in [3.63, 3.8) is 0 Å². The van der Waals surface area contributed by atoms with Crippen LogP contribution in [-0.4, -0.2) is 16.3 Å². The maximum atomic E-state index is 9.55. The lowest BCUT2D eigenvalue weighted by Gasteiger charge is -2.33. The Kier molecular flexibility index (Phi) is 2.82. The predicted octanol–water partition coefficient (Wildman–Crippen LogP) is 1.99. The third-order valence-electron chi connectivity index (χ3n) is 3.02. The molecule has 0 atom stereocenters. The van der Waals surface area contributed by atoms with Gasteiger partial charge in [-0.15, -0.1) is 0 Å². The van der Waals surface area contributed by atoms with Crippen LogP contribution < -0.4 is 5.32 Å². The van der Waals surface area contributed by atoms with E-state index in [-0.39, 0.29) is 11.5 Å². The van der Waals surface area contributed by atoms with Gasteiger partial charge >= 0.3 is 0 Å². The summed E-state index contributed by atoms with van der Waals surface area (Å²) < 4.78 is 0. The third-order valence-corrected chi connectivity index (χ3v) is 3.02. The Morgan fingerprint density at radius 3 is 2.67 bits per heavy atom. The highest BCUT2D eigenvalue weighted by atomic mass is 16.3. The quantitative estimate of drug-likeness (QED) is 0.710. The van der Waals surface area contributed by atoms with E-state index in [9.17, 15) is 5.11 Å². The minimum Gasteiger partial charge on any atom is -0.508 e. The van der Waals surface area contributed by atoms with Gasteiger partial charge in [-0.2, -0.15) is 0 Å². The highest BCUT2D eigenvalue weighted by Crippen LogP contribution is 2.27. The van der Waals surface area contributed by atoms with Crippen LogP contribution >= 0.6 is 0 Å². The fourth-order valence-corrected chi connectivity index (χ4v) is 2.03. The van der Waals surface area contributed by atoms with E-state index in [2.05, 4.69) is 12.2 Å². The summed E-state index contributed by atoms with van der Waals surface area (Å²) in [6.07, 6.45) is 2.44. The predicted molar refractivity (Wildman–Crippen MR) is 58.8 cm³/mol. The third kappa shape index (κ3) is 2.42. The molecule has 1 fully saturated rings. The standard InChI is InChI=1S/C12H17NO2/c1-8-4-10(5-8)13-7-9-2-3-11(14)6-12(9)15/h2-3,6,8,10,13-15H,4-5,7H2,1H3. The second kappa shape index (κ2) is 4.11. The van der Waals surface area contributed by atoms with Crippen molar-refractivity contribution in [2.24, 2.45) is 5.92 Å². The summed E-state index contributed by atoms with van der Waals surface area (Å²) in [6.45, 7) is 2.92. The van der Waals surface area contributed by atoms with E-state index in [1.807, 2.05) is 0 Å². The lowest BCUT2D eigenvalue weighted by atomic mass is 9.82. The first-order valence-electron chi connectivity index (χ1n) is 5.39. The van der Waals surface area contributed by atoms with Gasteiger partial charge < -0.3 is 15.5 Å². The van der Waals surface area contributed by atoms with Gasteiger partial charge in [-0.3, -0.25) is 0 Å². The number of phenols is 2. The molecule has 0 saturated heterocycles. The molecule has 3 heteroatoms. The topological polar surface area (TPSA) is 52.5 Å². The van der Waals surface area contributed by atoms with E-state index >= 15 is 0 Å². The number of rotatable bonds is 3. The van der Waals surface area contributed by atoms with Crippen molar-refractivity contribution < 1.29 is 10.2 Å². The Morgan fingerprint density at radius 1 is 1.33 bits per heavy atom. The van der Waals surface area contributed by atoms with Crippen LogP contribution in [0.3, 0.4) is 0 Å². The fraction of sp³-hybridized carbons (Fsp3) is 0.500. The molecule has 82 valence electrons. The van der Waals surface area contributed by atoms with Crippen LogP contribution in [0, 0.1) is 5.92 Å². The van der Waals surface area contributed by atoms with Gasteiger partial charge in [0.05, 0.1) is 0 Å². The summed E-state index contributed by atoms with van der Waals surface area (Å²) in [5.74, 6) is 1.10. The van der Waals surface area contributed by atoms with Crippen molar-refractivity contribution in [1.82, 2.24) is 5.32 Å². The molecular formula is C12H17NO2. The molecule has 0 amide bonds. The Hall–Kier alpha value is -1.22. The number of hydrogen-bond acceptors (Lipinski definition) is 3. The summed E-state index contributed by atoms with van der Waals surface area (Å²) in [7, 11) is 0. The highest BCUT2D eigenvalue weighted by molar-refractivity contribution is 5.38. The zero-order chi connectivity index (χ0) is 10.8. The molecule has 2 rings (SSSR count). The van der Waals surface area contributed by atoms with Gasteiger partial charge in [-0.1, -0.05) is 13.0 Å². The molecule has 1 aliphatic carbocycles. The van der Waals surface area contributed by atoms with E-state index in [1.165, 1.54) is 18.9 Å². The maximum absolute atomic E-state index is 9.55. The monoisotopic (exact) mass is 207 g/mol. The Balaban J connectivity index is 1.88. The Bertz CT molecular complexity index is 345. The normalized spacial score (nSPS) is 24.9. The number of hydrogen-bond donors (Lipinski definition) is 3. The van der Waals surface area contributed by atoms with Crippen LogP contribution in [0.25, 0.3) is 0 Å². The van der Waals surface area contributed by atoms with E-state index in [0.29, 0.717) is 12.6 Å². The van der Waals surface area contributed by atoms with Gasteiger partial charge in [0, 0.05) is 24.2 Å². The zero-order valence-electron chi connectivity index (χ0n) is 8.90. The Labute approximate surface area is 89.8 Å². The SMILES string of the molecule is CC1CC(NCc2ccc(O)cc2O)C1. The summed E-state index contributed by atoms with van der Waals surface area (Å²) in [6, 6.07) is 5.31. The number of nitrogens with one attached hydrogen (secondary N) is 1. The molecule has 1 aliphatic rings. The van der Waals surface area contributed by atoms with E-state index < -0.39 is 0 Å². The second-order valence-corrected chi connectivity index (χ2v) is 4.47. The van der Waals surface area contributed by atoms with E-state index in [4.69, 9.17) is 5.11 Å². The van der Waals surface area contributed by atoms with E-state index in [1.54, 1.807) is 12.1 Å². The number of phenolic OH excluding ortho intramolecular Hbond substituents is 2. The van der Waals surface area contributed by atoms with Crippen LogP contribution in [0.2, 0.25) is 0 Å². The van der Waals surface area contributed by atoms with Gasteiger partial charge in [-0.05, 0) is 24.8 Å². The van der Waals surface area contributed by atoms with Gasteiger partial charge in [-0.25, -0.2) is 0 Å². The first-order chi connectivity index (χ1) is 7.15. The zero-order valence-corrected chi connectivity index (χ0v) is 8.90. The van der Waals surface area contributed by atoms with Gasteiger partial charge in [0.25, 0.3) is 0 Å². The molecule has 1 aromatic carbocycles. The number of aromatic hydroxyl groups is 2. The lowest BCUT2D eigenvalue weighted by molar-refractivity contribution is 0.239. The van der Waals surface area contributed by atoms with Crippen molar-refractivity contribution in [1.29, 1.82) is 0 Å². The fourth-order valence-electron chi connectivity index (χ4n) is 2.03. The summed E-state index contributed by atoms with van der Waals surface area (Å²) in [4.78, 5) is 0. The van der Waals surface area contributed by atoms with Gasteiger partial charge in [0.15, 0.2) is 0 Å². The van der Waals surface area contributed by atoms with Crippen LogP contribution in [-0.2, 0) is 6.54 Å². The molecular weight excluding hydrogens is 190 g/mol. The van der Waals surface area contributed by atoms with Crippen LogP contribution in [0.1, 0.15) is 25.3 Å². The first-order valence-corrected chi connectivity index (χ1v) is 5.39. The first kappa shape index (κ1) is 10.3. The lowest BCUT2D eigenvalue weighted by Crippen LogP contribution is -2.39. The largest absolute Gasteiger partial charge is 0.508 e. The molecule has 0 aromatic heterocycles. The smallest absolute Gasteiger partial charge is 0.123 e. The second-order valence-electron chi connectivity index (χ2n) is 4.47. The molecule has 0 aliphatic heterocycles. The van der Waals surface area contributed by atoms with Crippen molar-refractivity contribution in [2.45, 2.75) is 32.4 Å². The van der Waals surface area contributed by atoms with Crippen LogP contribution in [0.5, 0.6) is 11.5 Å². The van der Waals surface area contributed by atoms with Gasteiger partial charge in [0.1, 0.15) is 11.5 Å². The average molecular weight is 207 g/mol. The molecule has 0 radical (unpaired) electrons. The number of benzene rings is 1. The molecule has 15 heavy (non-hydrogen) atoms. The Morgan fingerprint density at radius 2 is 2.07 bits per heavy atom. The maximum Gasteiger partial charge on any atom is 0.123 e. The minimum absolute atomic E-state index is 0.105. The minimum atomic E-state index is 0.105. The van der Waals surface area contributed by atoms with Crippen molar-refractivity contribution >= 4 is 0 Å². The molecule has 0 bridgehead atoms.